The monoisotopic (exact) mass is 311 g/mol. The summed E-state index contributed by atoms with van der Waals surface area (Å²) in [5, 5.41) is 3.92. The normalized spacial score (nSPS) is 12.4. The molecule has 0 saturated heterocycles. The molecule has 118 valence electrons. The van der Waals surface area contributed by atoms with Crippen molar-refractivity contribution in [2.75, 3.05) is 6.61 Å². The summed E-state index contributed by atoms with van der Waals surface area (Å²) in [7, 11) is 0. The fourth-order valence-corrected chi connectivity index (χ4v) is 2.05. The molecule has 0 aliphatic carbocycles. The van der Waals surface area contributed by atoms with Gasteiger partial charge in [0.15, 0.2) is 0 Å². The molecular weight excluding hydrogens is 294 g/mol. The van der Waals surface area contributed by atoms with Gasteiger partial charge in [0.25, 0.3) is 0 Å². The maximum atomic E-state index is 10.7. The molecule has 2 aromatic rings. The lowest BCUT2D eigenvalue weighted by Crippen LogP contribution is -2.20. The van der Waals surface area contributed by atoms with Crippen LogP contribution in [0.15, 0.2) is 59.8 Å². The van der Waals surface area contributed by atoms with E-state index in [-0.39, 0.29) is 11.1 Å². The van der Waals surface area contributed by atoms with Gasteiger partial charge in [-0.25, -0.2) is 0 Å². The molecule has 2 amide bonds. The molecule has 1 aliphatic heterocycles. The van der Waals surface area contributed by atoms with Crippen molar-refractivity contribution in [2.45, 2.75) is 6.42 Å². The molecule has 1 heterocycles. The molecule has 0 aromatic heterocycles. The first-order valence-electron chi connectivity index (χ1n) is 7.02. The zero-order valence-electron chi connectivity index (χ0n) is 12.4. The van der Waals surface area contributed by atoms with E-state index in [4.69, 9.17) is 16.3 Å². The second-order valence-electron chi connectivity index (χ2n) is 4.76. The Hall–Kier alpha value is -3.15. The Bertz CT molecular complexity index is 694. The first-order valence-corrected chi connectivity index (χ1v) is 7.02. The van der Waals surface area contributed by atoms with E-state index >= 15 is 0 Å². The van der Waals surface area contributed by atoms with Crippen LogP contribution < -0.4 is 11.5 Å². The van der Waals surface area contributed by atoms with Crippen LogP contribution in [0.1, 0.15) is 32.7 Å². The number of benzene rings is 2. The van der Waals surface area contributed by atoms with Crippen LogP contribution in [-0.2, 0) is 4.84 Å². The molecule has 3 rings (SSSR count). The van der Waals surface area contributed by atoms with E-state index in [0.29, 0.717) is 0 Å². The standard InChI is InChI=1S/C9H9NO.C8H8N2O2/c1-2-4-8(5-3-1)9-6-7-11-10-9;9-7(11)5-3-1-2-4-6(5)8(10)12/h1-5H,6-7H2;1-4H,(H2,9,11)(H2,10,12). The number of primary amides is 2. The van der Waals surface area contributed by atoms with E-state index in [1.165, 1.54) is 17.7 Å². The average Bonchev–Trinajstić information content (AvgIpc) is 3.11. The lowest BCUT2D eigenvalue weighted by atomic mass is 10.1. The summed E-state index contributed by atoms with van der Waals surface area (Å²) >= 11 is 0. The molecule has 6 nitrogen and oxygen atoms in total. The van der Waals surface area contributed by atoms with Crippen molar-refractivity contribution < 1.29 is 14.4 Å². The predicted octanol–water partition coefficient (Wildman–Crippen LogP) is 1.70. The van der Waals surface area contributed by atoms with Gasteiger partial charge in [-0.05, 0) is 17.7 Å². The van der Waals surface area contributed by atoms with Gasteiger partial charge >= 0.3 is 0 Å². The van der Waals surface area contributed by atoms with E-state index in [0.717, 1.165) is 18.7 Å². The molecule has 0 unspecified atom stereocenters. The number of oxime groups is 1. The van der Waals surface area contributed by atoms with Crippen LogP contribution in [0.3, 0.4) is 0 Å². The molecule has 4 N–H and O–H groups in total. The molecule has 1 aliphatic rings. The lowest BCUT2D eigenvalue weighted by molar-refractivity contribution is 0.0967. The third-order valence-corrected chi connectivity index (χ3v) is 3.17. The topological polar surface area (TPSA) is 108 Å². The van der Waals surface area contributed by atoms with Crippen LogP contribution in [0.4, 0.5) is 0 Å². The fraction of sp³-hybridized carbons (Fsp3) is 0.118. The molecule has 6 heteroatoms. The molecule has 0 fully saturated rings. The Morgan fingerprint density at radius 2 is 1.39 bits per heavy atom. The predicted molar refractivity (Wildman–Crippen MR) is 87.0 cm³/mol. The van der Waals surface area contributed by atoms with Crippen molar-refractivity contribution in [1.29, 1.82) is 0 Å². The van der Waals surface area contributed by atoms with Gasteiger partial charge in [-0.2, -0.15) is 0 Å². The molecule has 2 aromatic carbocycles. The van der Waals surface area contributed by atoms with Gasteiger partial charge in [0, 0.05) is 6.42 Å². The van der Waals surface area contributed by atoms with E-state index in [1.807, 2.05) is 30.3 Å². The number of rotatable bonds is 3. The molecule has 0 atom stereocenters. The van der Waals surface area contributed by atoms with Crippen molar-refractivity contribution in [2.24, 2.45) is 16.6 Å². The van der Waals surface area contributed by atoms with Crippen molar-refractivity contribution >= 4 is 17.5 Å². The van der Waals surface area contributed by atoms with E-state index in [2.05, 4.69) is 5.16 Å². The summed E-state index contributed by atoms with van der Waals surface area (Å²) in [6, 6.07) is 16.3. The van der Waals surface area contributed by atoms with Gasteiger partial charge in [-0.3, -0.25) is 9.59 Å². The summed E-state index contributed by atoms with van der Waals surface area (Å²) in [4.78, 5) is 26.4. The number of nitrogens with zero attached hydrogens (tertiary/aromatic N) is 1. The third kappa shape index (κ3) is 4.41. The molecule has 0 saturated carbocycles. The number of nitrogens with two attached hydrogens (primary N) is 2. The van der Waals surface area contributed by atoms with Gasteiger partial charge < -0.3 is 16.3 Å². The van der Waals surface area contributed by atoms with Crippen LogP contribution in [0.2, 0.25) is 0 Å². The molecule has 0 bridgehead atoms. The number of carbonyl (C=O) groups excluding carboxylic acids is 2. The lowest BCUT2D eigenvalue weighted by Gasteiger charge is -2.00. The number of hydrogen-bond acceptors (Lipinski definition) is 4. The van der Waals surface area contributed by atoms with Crippen LogP contribution in [0, 0.1) is 0 Å². The maximum Gasteiger partial charge on any atom is 0.249 e. The summed E-state index contributed by atoms with van der Waals surface area (Å²) in [5.41, 5.74) is 12.6. The van der Waals surface area contributed by atoms with Crippen LogP contribution in [0.5, 0.6) is 0 Å². The highest BCUT2D eigenvalue weighted by Gasteiger charge is 2.10. The van der Waals surface area contributed by atoms with Crippen molar-refractivity contribution in [3.05, 3.63) is 71.3 Å². The Morgan fingerprint density at radius 3 is 1.83 bits per heavy atom. The number of carbonyl (C=O) groups is 2. The minimum Gasteiger partial charge on any atom is -0.395 e. The van der Waals surface area contributed by atoms with Crippen molar-refractivity contribution in [3.63, 3.8) is 0 Å². The first kappa shape index (κ1) is 16.2. The van der Waals surface area contributed by atoms with Gasteiger partial charge in [0.2, 0.25) is 11.8 Å². The molecule has 23 heavy (non-hydrogen) atoms. The summed E-state index contributed by atoms with van der Waals surface area (Å²) in [6.45, 7) is 0.726. The maximum absolute atomic E-state index is 10.7. The van der Waals surface area contributed by atoms with Gasteiger partial charge in [-0.15, -0.1) is 0 Å². The largest absolute Gasteiger partial charge is 0.395 e. The van der Waals surface area contributed by atoms with Crippen LogP contribution in [-0.4, -0.2) is 24.1 Å². The van der Waals surface area contributed by atoms with Crippen LogP contribution >= 0.6 is 0 Å². The molecular formula is C17H17N3O3. The van der Waals surface area contributed by atoms with E-state index in [1.54, 1.807) is 12.1 Å². The van der Waals surface area contributed by atoms with Crippen molar-refractivity contribution in [3.8, 4) is 0 Å². The smallest absolute Gasteiger partial charge is 0.249 e. The van der Waals surface area contributed by atoms with Gasteiger partial charge in [0.05, 0.1) is 16.8 Å². The summed E-state index contributed by atoms with van der Waals surface area (Å²) < 4.78 is 0. The quantitative estimate of drug-likeness (QED) is 0.900. The average molecular weight is 311 g/mol. The van der Waals surface area contributed by atoms with Crippen LogP contribution in [0.25, 0.3) is 0 Å². The second kappa shape index (κ2) is 7.74. The van der Waals surface area contributed by atoms with Gasteiger partial charge in [-0.1, -0.05) is 47.6 Å². The SMILES string of the molecule is NC(=O)c1ccccc1C(N)=O.c1ccc(C2=NOCC2)cc1. The highest BCUT2D eigenvalue weighted by Crippen LogP contribution is 2.09. The Morgan fingerprint density at radius 1 is 0.870 bits per heavy atom. The fourth-order valence-electron chi connectivity index (χ4n) is 2.05. The van der Waals surface area contributed by atoms with Crippen molar-refractivity contribution in [1.82, 2.24) is 0 Å². The zero-order valence-corrected chi connectivity index (χ0v) is 12.4. The summed E-state index contributed by atoms with van der Waals surface area (Å²) in [5.74, 6) is -1.30. The first-order chi connectivity index (χ1) is 11.1. The molecule has 0 radical (unpaired) electrons. The highest BCUT2D eigenvalue weighted by molar-refractivity contribution is 6.06. The zero-order chi connectivity index (χ0) is 16.7. The summed E-state index contributed by atoms with van der Waals surface area (Å²) in [6.07, 6.45) is 0.935. The third-order valence-electron chi connectivity index (χ3n) is 3.17. The number of hydrogen-bond donors (Lipinski definition) is 2. The Labute approximate surface area is 133 Å². The Kier molecular flexibility index (Phi) is 5.46. The highest BCUT2D eigenvalue weighted by atomic mass is 16.6. The van der Waals surface area contributed by atoms with E-state index < -0.39 is 11.8 Å². The van der Waals surface area contributed by atoms with Gasteiger partial charge in [0.1, 0.15) is 6.61 Å². The molecule has 0 spiro atoms. The van der Waals surface area contributed by atoms with E-state index in [9.17, 15) is 9.59 Å². The minimum absolute atomic E-state index is 0.157. The number of amides is 2. The minimum atomic E-state index is -0.649. The Balaban J connectivity index is 0.000000167. The second-order valence-corrected chi connectivity index (χ2v) is 4.76.